The van der Waals surface area contributed by atoms with E-state index in [0.717, 1.165) is 43.0 Å². The number of hydrogen-bond acceptors (Lipinski definition) is 1. The van der Waals surface area contributed by atoms with Crippen LogP contribution >= 0.6 is 11.6 Å². The first-order valence-electron chi connectivity index (χ1n) is 5.63. The first-order valence-corrected chi connectivity index (χ1v) is 6.00. The molecule has 17 heavy (non-hydrogen) atoms. The molecule has 0 atom stereocenters. The minimum Gasteiger partial charge on any atom is -0.249 e. The zero-order valence-electron chi connectivity index (χ0n) is 9.06. The van der Waals surface area contributed by atoms with Gasteiger partial charge in [0.2, 0.25) is 0 Å². The number of fused-ring (bicyclic) bond motifs is 2. The lowest BCUT2D eigenvalue weighted by atomic mass is 9.94. The number of aromatic nitrogens is 1. The summed E-state index contributed by atoms with van der Waals surface area (Å²) in [6.45, 7) is 0. The molecule has 0 spiro atoms. The highest BCUT2D eigenvalue weighted by molar-refractivity contribution is 6.36. The van der Waals surface area contributed by atoms with Crippen molar-refractivity contribution in [3.63, 3.8) is 0 Å². The third-order valence-electron chi connectivity index (χ3n) is 3.22. The molecule has 0 N–H and O–H groups in total. The summed E-state index contributed by atoms with van der Waals surface area (Å²) in [5, 5.41) is 0.841. The highest BCUT2D eigenvalue weighted by atomic mass is 35.5. The van der Waals surface area contributed by atoms with Gasteiger partial charge in [-0.25, -0.2) is 13.8 Å². The molecule has 1 aliphatic carbocycles. The third kappa shape index (κ3) is 1.69. The molecule has 1 heterocycles. The molecule has 0 amide bonds. The number of benzene rings is 1. The van der Waals surface area contributed by atoms with Crippen molar-refractivity contribution in [1.29, 1.82) is 0 Å². The number of hydrogen-bond donors (Lipinski definition) is 0. The van der Waals surface area contributed by atoms with E-state index in [1.165, 1.54) is 6.07 Å². The molecule has 0 aliphatic heterocycles. The van der Waals surface area contributed by atoms with Crippen molar-refractivity contribution >= 4 is 22.5 Å². The van der Waals surface area contributed by atoms with Crippen LogP contribution in [-0.2, 0) is 12.8 Å². The predicted octanol–water partition coefficient (Wildman–Crippen LogP) is 4.05. The Morgan fingerprint density at radius 2 is 1.88 bits per heavy atom. The number of nitrogens with zero attached hydrogens (tertiary/aromatic N) is 1. The Morgan fingerprint density at radius 3 is 2.71 bits per heavy atom. The molecule has 0 saturated carbocycles. The largest absolute Gasteiger partial charge is 0.249 e. The summed E-state index contributed by atoms with van der Waals surface area (Å²) in [6.07, 6.45) is 3.76. The molecular formula is C13H10ClF2N. The number of pyridine rings is 1. The van der Waals surface area contributed by atoms with Gasteiger partial charge in [-0.2, -0.15) is 0 Å². The maximum absolute atomic E-state index is 13.6. The van der Waals surface area contributed by atoms with Crippen LogP contribution in [0, 0.1) is 11.6 Å². The number of aryl methyl sites for hydroxylation is 1. The molecule has 0 bridgehead atoms. The first kappa shape index (κ1) is 10.9. The first-order chi connectivity index (χ1) is 8.16. The molecule has 4 heteroatoms. The topological polar surface area (TPSA) is 12.9 Å². The van der Waals surface area contributed by atoms with E-state index in [4.69, 9.17) is 11.6 Å². The second-order valence-corrected chi connectivity index (χ2v) is 4.72. The van der Waals surface area contributed by atoms with E-state index >= 15 is 0 Å². The van der Waals surface area contributed by atoms with Crippen molar-refractivity contribution in [1.82, 2.24) is 4.98 Å². The molecule has 0 unspecified atom stereocenters. The van der Waals surface area contributed by atoms with Gasteiger partial charge in [0.15, 0.2) is 5.82 Å². The molecule has 0 radical (unpaired) electrons. The summed E-state index contributed by atoms with van der Waals surface area (Å²) < 4.78 is 26.8. The Kier molecular flexibility index (Phi) is 2.51. The molecule has 1 aromatic heterocycles. The Balaban J connectivity index is 2.40. The van der Waals surface area contributed by atoms with Crippen LogP contribution in [0.3, 0.4) is 0 Å². The van der Waals surface area contributed by atoms with Crippen LogP contribution in [0.4, 0.5) is 8.78 Å². The predicted molar refractivity (Wildman–Crippen MR) is 63.3 cm³/mol. The molecular weight excluding hydrogens is 244 g/mol. The van der Waals surface area contributed by atoms with Gasteiger partial charge in [0, 0.05) is 17.1 Å². The number of halogens is 3. The van der Waals surface area contributed by atoms with Crippen molar-refractivity contribution in [2.24, 2.45) is 0 Å². The summed E-state index contributed by atoms with van der Waals surface area (Å²) in [5.74, 6) is -1.26. The van der Waals surface area contributed by atoms with Crippen LogP contribution in [0.25, 0.3) is 10.9 Å². The molecule has 1 aromatic carbocycles. The fraction of sp³-hybridized carbons (Fsp3) is 0.308. The zero-order chi connectivity index (χ0) is 12.0. The Labute approximate surface area is 102 Å². The highest BCUT2D eigenvalue weighted by Gasteiger charge is 2.19. The van der Waals surface area contributed by atoms with Crippen LogP contribution in [0.15, 0.2) is 12.1 Å². The second kappa shape index (κ2) is 3.91. The van der Waals surface area contributed by atoms with E-state index in [2.05, 4.69) is 4.98 Å². The SMILES string of the molecule is Fc1cc(F)c2nc3c(c(Cl)c2c1)CCCC3. The average Bonchev–Trinajstić information content (AvgIpc) is 2.31. The average molecular weight is 254 g/mol. The molecule has 0 fully saturated rings. The van der Waals surface area contributed by atoms with E-state index < -0.39 is 11.6 Å². The van der Waals surface area contributed by atoms with E-state index in [-0.39, 0.29) is 5.52 Å². The molecule has 3 rings (SSSR count). The van der Waals surface area contributed by atoms with Gasteiger partial charge in [0.1, 0.15) is 11.3 Å². The molecule has 0 saturated heterocycles. The molecule has 1 aliphatic rings. The lowest BCUT2D eigenvalue weighted by Gasteiger charge is -2.17. The van der Waals surface area contributed by atoms with E-state index in [1.54, 1.807) is 0 Å². The fourth-order valence-electron chi connectivity index (χ4n) is 2.39. The lowest BCUT2D eigenvalue weighted by Crippen LogP contribution is -2.07. The fourth-order valence-corrected chi connectivity index (χ4v) is 2.74. The monoisotopic (exact) mass is 253 g/mol. The second-order valence-electron chi connectivity index (χ2n) is 4.34. The van der Waals surface area contributed by atoms with Crippen LogP contribution in [0.5, 0.6) is 0 Å². The summed E-state index contributed by atoms with van der Waals surface area (Å²) in [7, 11) is 0. The van der Waals surface area contributed by atoms with Crippen molar-refractivity contribution in [3.8, 4) is 0 Å². The van der Waals surface area contributed by atoms with Gasteiger partial charge < -0.3 is 0 Å². The van der Waals surface area contributed by atoms with Crippen LogP contribution in [0.1, 0.15) is 24.1 Å². The molecule has 2 aromatic rings. The van der Waals surface area contributed by atoms with E-state index in [0.29, 0.717) is 10.4 Å². The maximum atomic E-state index is 13.6. The Morgan fingerprint density at radius 1 is 1.12 bits per heavy atom. The Bertz CT molecular complexity index is 610. The normalized spacial score (nSPS) is 15.0. The summed E-state index contributed by atoms with van der Waals surface area (Å²) in [6, 6.07) is 2.10. The standard InChI is InChI=1S/C13H10ClF2N/c14-12-8-3-1-2-4-11(8)17-13-9(12)5-7(15)6-10(13)16/h5-6H,1-4H2. The summed E-state index contributed by atoms with van der Waals surface area (Å²) in [5.41, 5.74) is 1.99. The van der Waals surface area contributed by atoms with Crippen molar-refractivity contribution in [3.05, 3.63) is 40.0 Å². The summed E-state index contributed by atoms with van der Waals surface area (Å²) >= 11 is 6.23. The third-order valence-corrected chi connectivity index (χ3v) is 3.65. The summed E-state index contributed by atoms with van der Waals surface area (Å²) in [4.78, 5) is 4.29. The van der Waals surface area contributed by atoms with Crippen molar-refractivity contribution in [2.75, 3.05) is 0 Å². The van der Waals surface area contributed by atoms with Crippen LogP contribution in [-0.4, -0.2) is 4.98 Å². The molecule has 1 nitrogen and oxygen atoms in total. The van der Waals surface area contributed by atoms with Crippen LogP contribution in [0.2, 0.25) is 5.02 Å². The van der Waals surface area contributed by atoms with Crippen molar-refractivity contribution < 1.29 is 8.78 Å². The van der Waals surface area contributed by atoms with Gasteiger partial charge in [0.05, 0.1) is 5.02 Å². The van der Waals surface area contributed by atoms with E-state index in [1.807, 2.05) is 0 Å². The number of rotatable bonds is 0. The zero-order valence-corrected chi connectivity index (χ0v) is 9.82. The van der Waals surface area contributed by atoms with E-state index in [9.17, 15) is 8.78 Å². The van der Waals surface area contributed by atoms with Gasteiger partial charge in [-0.15, -0.1) is 0 Å². The van der Waals surface area contributed by atoms with Crippen LogP contribution < -0.4 is 0 Å². The quantitative estimate of drug-likeness (QED) is 0.690. The van der Waals surface area contributed by atoms with Crippen molar-refractivity contribution in [2.45, 2.75) is 25.7 Å². The van der Waals surface area contributed by atoms with Gasteiger partial charge >= 0.3 is 0 Å². The van der Waals surface area contributed by atoms with Gasteiger partial charge in [-0.05, 0) is 37.3 Å². The highest BCUT2D eigenvalue weighted by Crippen LogP contribution is 2.34. The minimum atomic E-state index is -0.643. The molecule has 88 valence electrons. The minimum absolute atomic E-state index is 0.178. The lowest BCUT2D eigenvalue weighted by molar-refractivity contribution is 0.589. The van der Waals surface area contributed by atoms with Gasteiger partial charge in [0.25, 0.3) is 0 Å². The van der Waals surface area contributed by atoms with Gasteiger partial charge in [-0.3, -0.25) is 0 Å². The van der Waals surface area contributed by atoms with Gasteiger partial charge in [-0.1, -0.05) is 11.6 Å². The Hall–Kier alpha value is -1.22. The smallest absolute Gasteiger partial charge is 0.152 e. The maximum Gasteiger partial charge on any atom is 0.152 e.